The predicted molar refractivity (Wildman–Crippen MR) is 187 cm³/mol. The number of benzene rings is 3. The van der Waals surface area contributed by atoms with Gasteiger partial charge in [-0.15, -0.1) is 0 Å². The van der Waals surface area contributed by atoms with Crippen molar-refractivity contribution in [3.63, 3.8) is 0 Å². The van der Waals surface area contributed by atoms with Crippen LogP contribution in [0.4, 0.5) is 17.1 Å². The van der Waals surface area contributed by atoms with Crippen LogP contribution in [0, 0.1) is 6.92 Å². The summed E-state index contributed by atoms with van der Waals surface area (Å²) in [6, 6.07) is 21.0. The third-order valence-corrected chi connectivity index (χ3v) is 7.49. The van der Waals surface area contributed by atoms with E-state index < -0.39 is 0 Å². The van der Waals surface area contributed by atoms with Crippen molar-refractivity contribution in [2.75, 3.05) is 49.4 Å². The molecule has 3 aromatic carbocycles. The van der Waals surface area contributed by atoms with Crippen molar-refractivity contribution < 1.29 is 28.6 Å². The molecule has 0 fully saturated rings. The third-order valence-electron chi connectivity index (χ3n) is 7.49. The van der Waals surface area contributed by atoms with Crippen LogP contribution < -0.4 is 35.5 Å². The van der Waals surface area contributed by atoms with Gasteiger partial charge >= 0.3 is 0 Å². The molecule has 11 nitrogen and oxygen atoms in total. The highest BCUT2D eigenvalue weighted by molar-refractivity contribution is 6.09. The largest absolute Gasteiger partial charge is 0.495 e. The van der Waals surface area contributed by atoms with Gasteiger partial charge in [0.25, 0.3) is 11.8 Å². The molecule has 0 unspecified atom stereocenters. The van der Waals surface area contributed by atoms with Crippen molar-refractivity contribution in [2.45, 2.75) is 39.0 Å². The molecule has 1 aromatic heterocycles. The van der Waals surface area contributed by atoms with Crippen molar-refractivity contribution in [3.05, 3.63) is 102 Å². The average molecular weight is 654 g/mol. The monoisotopic (exact) mass is 653 g/mol. The Morgan fingerprint density at radius 3 is 2.33 bits per heavy atom. The van der Waals surface area contributed by atoms with Gasteiger partial charge in [0, 0.05) is 37.1 Å². The fourth-order valence-electron chi connectivity index (χ4n) is 4.89. The van der Waals surface area contributed by atoms with Gasteiger partial charge in [-0.3, -0.25) is 19.4 Å². The van der Waals surface area contributed by atoms with Crippen molar-refractivity contribution >= 4 is 34.8 Å². The van der Waals surface area contributed by atoms with Crippen molar-refractivity contribution in [3.8, 4) is 17.2 Å². The first-order valence-electron chi connectivity index (χ1n) is 15.9. The van der Waals surface area contributed by atoms with Crippen molar-refractivity contribution in [2.24, 2.45) is 5.73 Å². The first-order chi connectivity index (χ1) is 23.3. The summed E-state index contributed by atoms with van der Waals surface area (Å²) in [5, 5.41) is 5.73. The Bertz CT molecular complexity index is 1680. The Kier molecular flexibility index (Phi) is 13.3. The molecular formula is C37H43N5O6. The van der Waals surface area contributed by atoms with E-state index in [1.54, 1.807) is 74.0 Å². The average Bonchev–Trinajstić information content (AvgIpc) is 3.10. The molecule has 0 aliphatic rings. The van der Waals surface area contributed by atoms with Crippen LogP contribution >= 0.6 is 0 Å². The molecule has 0 saturated carbocycles. The Labute approximate surface area is 281 Å². The van der Waals surface area contributed by atoms with Crippen LogP contribution in [0.1, 0.15) is 58.4 Å². The number of nitrogens with zero attached hydrogens (tertiary/aromatic N) is 2. The van der Waals surface area contributed by atoms with E-state index in [4.69, 9.17) is 19.9 Å². The van der Waals surface area contributed by atoms with Gasteiger partial charge in [0.1, 0.15) is 17.2 Å². The molecule has 0 saturated heterocycles. The Morgan fingerprint density at radius 2 is 1.56 bits per heavy atom. The Hall–Kier alpha value is -5.42. The normalized spacial score (nSPS) is 10.6. The zero-order valence-corrected chi connectivity index (χ0v) is 27.7. The molecule has 0 spiro atoms. The maximum Gasteiger partial charge on any atom is 0.259 e. The number of aromatic nitrogens is 1. The zero-order chi connectivity index (χ0) is 34.3. The number of rotatable bonds is 17. The van der Waals surface area contributed by atoms with Crippen LogP contribution in [0.5, 0.6) is 17.2 Å². The van der Waals surface area contributed by atoms with Gasteiger partial charge in [-0.05, 0) is 99.3 Å². The van der Waals surface area contributed by atoms with Crippen LogP contribution in [0.2, 0.25) is 0 Å². The van der Waals surface area contributed by atoms with Gasteiger partial charge in [-0.2, -0.15) is 0 Å². The number of anilines is 3. The first-order valence-corrected chi connectivity index (χ1v) is 15.9. The molecule has 3 amide bonds. The van der Waals surface area contributed by atoms with Crippen molar-refractivity contribution in [1.29, 1.82) is 0 Å². The van der Waals surface area contributed by atoms with Gasteiger partial charge in [0.2, 0.25) is 5.91 Å². The lowest BCUT2D eigenvalue weighted by atomic mass is 10.1. The summed E-state index contributed by atoms with van der Waals surface area (Å²) in [5.74, 6) is 0.685. The summed E-state index contributed by atoms with van der Waals surface area (Å²) in [4.78, 5) is 44.5. The molecule has 0 radical (unpaired) electrons. The van der Waals surface area contributed by atoms with Crippen LogP contribution in [-0.2, 0) is 4.79 Å². The lowest BCUT2D eigenvalue weighted by Gasteiger charge is -2.22. The molecule has 0 bridgehead atoms. The van der Waals surface area contributed by atoms with Crippen LogP contribution in [-0.4, -0.2) is 56.6 Å². The lowest BCUT2D eigenvalue weighted by Crippen LogP contribution is -2.27. The van der Waals surface area contributed by atoms with E-state index in [1.165, 1.54) is 12.0 Å². The first kappa shape index (κ1) is 35.4. The van der Waals surface area contributed by atoms with Gasteiger partial charge in [0.15, 0.2) is 0 Å². The van der Waals surface area contributed by atoms with E-state index in [2.05, 4.69) is 15.6 Å². The maximum atomic E-state index is 13.6. The molecule has 48 heavy (non-hydrogen) atoms. The smallest absolute Gasteiger partial charge is 0.259 e. The number of carbonyl (C=O) groups excluding carboxylic acids is 3. The van der Waals surface area contributed by atoms with E-state index in [-0.39, 0.29) is 17.7 Å². The number of pyridine rings is 1. The summed E-state index contributed by atoms with van der Waals surface area (Å²) in [6.45, 7) is 3.29. The number of carbonyl (C=O) groups is 3. The molecule has 0 atom stereocenters. The lowest BCUT2D eigenvalue weighted by molar-refractivity contribution is -0.116. The predicted octanol–water partition coefficient (Wildman–Crippen LogP) is 6.23. The quantitative estimate of drug-likeness (QED) is 0.114. The molecule has 4 N–H and O–H groups in total. The summed E-state index contributed by atoms with van der Waals surface area (Å²) in [5.41, 5.74) is 9.05. The Morgan fingerprint density at radius 1 is 0.812 bits per heavy atom. The van der Waals surface area contributed by atoms with Crippen LogP contribution in [0.15, 0.2) is 85.2 Å². The number of para-hydroxylation sites is 1. The SMILES string of the molecule is COc1cc(C(=O)N(C)c2ccc(C)cc2OCCCCCC(=O)Nc2ccncc2)ccc1NC(=O)c1ccccc1OCCCN. The second kappa shape index (κ2) is 18.1. The summed E-state index contributed by atoms with van der Waals surface area (Å²) in [6.07, 6.45) is 6.65. The highest BCUT2D eigenvalue weighted by Gasteiger charge is 2.21. The number of hydrogen-bond acceptors (Lipinski definition) is 8. The molecule has 1 heterocycles. The molecular weight excluding hydrogens is 610 g/mol. The third kappa shape index (κ3) is 10.0. The number of unbranched alkanes of at least 4 members (excludes halogenated alkanes) is 2. The second-order valence-electron chi connectivity index (χ2n) is 11.1. The van der Waals surface area contributed by atoms with E-state index in [0.29, 0.717) is 72.4 Å². The number of methoxy groups -OCH3 is 1. The number of nitrogens with two attached hydrogens (primary N) is 1. The van der Waals surface area contributed by atoms with Crippen LogP contribution in [0.25, 0.3) is 0 Å². The number of nitrogens with one attached hydrogen (secondary N) is 2. The molecule has 4 rings (SSSR count). The van der Waals surface area contributed by atoms with E-state index in [9.17, 15) is 14.4 Å². The van der Waals surface area contributed by atoms with Crippen molar-refractivity contribution in [1.82, 2.24) is 4.98 Å². The number of hydrogen-bond donors (Lipinski definition) is 3. The van der Waals surface area contributed by atoms with E-state index in [1.807, 2.05) is 25.1 Å². The molecule has 4 aromatic rings. The molecule has 252 valence electrons. The van der Waals surface area contributed by atoms with Gasteiger partial charge in [0.05, 0.1) is 37.3 Å². The number of ether oxygens (including phenoxy) is 3. The van der Waals surface area contributed by atoms with E-state index >= 15 is 0 Å². The fourth-order valence-corrected chi connectivity index (χ4v) is 4.89. The van der Waals surface area contributed by atoms with E-state index in [0.717, 1.165) is 30.5 Å². The summed E-state index contributed by atoms with van der Waals surface area (Å²) < 4.78 is 17.4. The summed E-state index contributed by atoms with van der Waals surface area (Å²) in [7, 11) is 3.16. The number of amides is 3. The minimum atomic E-state index is -0.373. The standard InChI is InChI=1S/C37H43N5O6/c1-26-13-16-31(34(24-26)48-22-8-4-5-12-35(43)40-28-17-20-39-21-18-28)42(2)37(45)27-14-15-30(33(25-27)46-3)41-36(44)29-10-6-7-11-32(29)47-23-9-19-38/h6-7,10-11,13-18,20-21,24-25H,4-5,8-9,12,19,22-23,38H2,1-3H3,(H,41,44)(H,39,40,43). The summed E-state index contributed by atoms with van der Waals surface area (Å²) >= 11 is 0. The minimum Gasteiger partial charge on any atom is -0.495 e. The highest BCUT2D eigenvalue weighted by atomic mass is 16.5. The highest BCUT2D eigenvalue weighted by Crippen LogP contribution is 2.32. The molecule has 0 aliphatic heterocycles. The van der Waals surface area contributed by atoms with Gasteiger partial charge in [-0.25, -0.2) is 0 Å². The molecule has 0 aliphatic carbocycles. The van der Waals surface area contributed by atoms with Gasteiger partial charge in [-0.1, -0.05) is 18.2 Å². The molecule has 11 heteroatoms. The van der Waals surface area contributed by atoms with Crippen LogP contribution in [0.3, 0.4) is 0 Å². The maximum absolute atomic E-state index is 13.6. The van der Waals surface area contributed by atoms with Gasteiger partial charge < -0.3 is 35.5 Å². The minimum absolute atomic E-state index is 0.0377. The Balaban J connectivity index is 1.35. The zero-order valence-electron chi connectivity index (χ0n) is 27.7. The second-order valence-corrected chi connectivity index (χ2v) is 11.1. The fraction of sp³-hybridized carbons (Fsp3) is 0.297. The number of aryl methyl sites for hydroxylation is 1. The topological polar surface area (TPSA) is 145 Å².